The molecular weight excluding hydrogens is 300 g/mol. The van der Waals surface area contributed by atoms with E-state index in [2.05, 4.69) is 32.4 Å². The van der Waals surface area contributed by atoms with Crippen molar-refractivity contribution >= 4 is 27.8 Å². The second kappa shape index (κ2) is 6.20. The summed E-state index contributed by atoms with van der Waals surface area (Å²) < 4.78 is 0. The van der Waals surface area contributed by atoms with Gasteiger partial charge in [-0.1, -0.05) is 24.3 Å². The monoisotopic (exact) mass is 318 g/mol. The molecule has 0 saturated carbocycles. The Labute approximate surface area is 139 Å². The summed E-state index contributed by atoms with van der Waals surface area (Å²) in [6, 6.07) is 14.1. The highest BCUT2D eigenvalue weighted by Crippen LogP contribution is 2.18. The van der Waals surface area contributed by atoms with Gasteiger partial charge >= 0.3 is 0 Å². The number of benzene rings is 2. The molecule has 5 nitrogen and oxygen atoms in total. The number of nitrogens with one attached hydrogen (secondary N) is 3. The lowest BCUT2D eigenvalue weighted by Gasteiger charge is -2.05. The standard InChI is InChI=1S/C19H18N4O/c24-19(10-14-11-21-16-4-2-1-3-15(14)16)20-8-7-13-5-6-17-18(9-13)23-12-22-17/h1-6,9,11-12,21H,7-8,10H2,(H,20,24)(H,22,23). The van der Waals surface area contributed by atoms with Crippen LogP contribution in [0.15, 0.2) is 55.0 Å². The van der Waals surface area contributed by atoms with E-state index in [0.717, 1.165) is 33.9 Å². The van der Waals surface area contributed by atoms with Crippen LogP contribution in [0.5, 0.6) is 0 Å². The molecule has 0 unspecified atom stereocenters. The first-order valence-corrected chi connectivity index (χ1v) is 8.03. The third-order valence-corrected chi connectivity index (χ3v) is 4.25. The number of carbonyl (C=O) groups excluding carboxylic acids is 1. The largest absolute Gasteiger partial charge is 0.361 e. The molecule has 1 amide bonds. The number of imidazole rings is 1. The Kier molecular flexibility index (Phi) is 3.75. The predicted octanol–water partition coefficient (Wildman–Crippen LogP) is 2.95. The molecule has 0 spiro atoms. The zero-order valence-corrected chi connectivity index (χ0v) is 13.2. The van der Waals surface area contributed by atoms with Gasteiger partial charge in [-0.2, -0.15) is 0 Å². The van der Waals surface area contributed by atoms with Crippen LogP contribution in [-0.2, 0) is 17.6 Å². The number of aromatic nitrogens is 3. The first kappa shape index (κ1) is 14.5. The highest BCUT2D eigenvalue weighted by molar-refractivity contribution is 5.88. The molecule has 4 rings (SSSR count). The van der Waals surface area contributed by atoms with Crippen molar-refractivity contribution in [2.75, 3.05) is 6.54 Å². The van der Waals surface area contributed by atoms with E-state index in [9.17, 15) is 4.79 Å². The average molecular weight is 318 g/mol. The van der Waals surface area contributed by atoms with E-state index in [1.165, 1.54) is 5.56 Å². The van der Waals surface area contributed by atoms with Gasteiger partial charge in [0, 0.05) is 23.6 Å². The lowest BCUT2D eigenvalue weighted by Crippen LogP contribution is -2.27. The van der Waals surface area contributed by atoms with E-state index < -0.39 is 0 Å². The molecule has 0 atom stereocenters. The molecule has 120 valence electrons. The van der Waals surface area contributed by atoms with Crippen LogP contribution in [0.2, 0.25) is 0 Å². The van der Waals surface area contributed by atoms with E-state index in [-0.39, 0.29) is 5.91 Å². The van der Waals surface area contributed by atoms with Crippen molar-refractivity contribution in [3.63, 3.8) is 0 Å². The number of aromatic amines is 2. The van der Waals surface area contributed by atoms with Gasteiger partial charge in [0.25, 0.3) is 0 Å². The van der Waals surface area contributed by atoms with E-state index in [0.29, 0.717) is 13.0 Å². The van der Waals surface area contributed by atoms with Crippen LogP contribution in [0.4, 0.5) is 0 Å². The summed E-state index contributed by atoms with van der Waals surface area (Å²) in [4.78, 5) is 22.7. The van der Waals surface area contributed by atoms with Crippen LogP contribution in [0.1, 0.15) is 11.1 Å². The predicted molar refractivity (Wildman–Crippen MR) is 94.8 cm³/mol. The lowest BCUT2D eigenvalue weighted by molar-refractivity contribution is -0.120. The number of fused-ring (bicyclic) bond motifs is 2. The Bertz CT molecular complexity index is 999. The highest BCUT2D eigenvalue weighted by Gasteiger charge is 2.08. The summed E-state index contributed by atoms with van der Waals surface area (Å²) in [5.41, 5.74) is 5.26. The fourth-order valence-electron chi connectivity index (χ4n) is 3.00. The molecule has 2 aromatic carbocycles. The molecule has 3 N–H and O–H groups in total. The van der Waals surface area contributed by atoms with Crippen molar-refractivity contribution in [3.05, 3.63) is 66.1 Å². The normalized spacial score (nSPS) is 11.2. The maximum absolute atomic E-state index is 12.2. The molecule has 5 heteroatoms. The van der Waals surface area contributed by atoms with E-state index in [4.69, 9.17) is 0 Å². The third-order valence-electron chi connectivity index (χ3n) is 4.25. The average Bonchev–Trinajstić information content (AvgIpc) is 3.22. The smallest absolute Gasteiger partial charge is 0.224 e. The first-order chi connectivity index (χ1) is 11.8. The Morgan fingerprint density at radius 1 is 1.08 bits per heavy atom. The summed E-state index contributed by atoms with van der Waals surface area (Å²) in [5, 5.41) is 4.11. The summed E-state index contributed by atoms with van der Waals surface area (Å²) >= 11 is 0. The fraction of sp³-hybridized carbons (Fsp3) is 0.158. The van der Waals surface area contributed by atoms with Gasteiger partial charge in [0.2, 0.25) is 5.91 Å². The quantitative estimate of drug-likeness (QED) is 0.529. The van der Waals surface area contributed by atoms with Gasteiger partial charge in [0.1, 0.15) is 0 Å². The summed E-state index contributed by atoms with van der Waals surface area (Å²) in [7, 11) is 0. The Balaban J connectivity index is 1.34. The summed E-state index contributed by atoms with van der Waals surface area (Å²) in [5.74, 6) is 0.0439. The maximum atomic E-state index is 12.2. The molecule has 0 saturated heterocycles. The summed E-state index contributed by atoms with van der Waals surface area (Å²) in [6.07, 6.45) is 4.80. The van der Waals surface area contributed by atoms with Gasteiger partial charge in [0.05, 0.1) is 23.8 Å². The van der Waals surface area contributed by atoms with Crippen molar-refractivity contribution in [2.24, 2.45) is 0 Å². The zero-order chi connectivity index (χ0) is 16.4. The number of nitrogens with zero attached hydrogens (tertiary/aromatic N) is 1. The molecule has 0 aliphatic rings. The zero-order valence-electron chi connectivity index (χ0n) is 13.2. The molecule has 2 heterocycles. The molecule has 24 heavy (non-hydrogen) atoms. The van der Waals surface area contributed by atoms with Gasteiger partial charge < -0.3 is 15.3 Å². The molecule has 4 aromatic rings. The number of hydrogen-bond donors (Lipinski definition) is 3. The Hall–Kier alpha value is -3.08. The third kappa shape index (κ3) is 2.88. The number of amides is 1. The van der Waals surface area contributed by atoms with Crippen LogP contribution in [0.25, 0.3) is 21.9 Å². The molecule has 0 aliphatic heterocycles. The van der Waals surface area contributed by atoms with Gasteiger partial charge in [-0.3, -0.25) is 4.79 Å². The van der Waals surface area contributed by atoms with Gasteiger partial charge in [-0.05, 0) is 35.7 Å². The fourth-order valence-corrected chi connectivity index (χ4v) is 3.00. The van der Waals surface area contributed by atoms with Crippen molar-refractivity contribution in [1.29, 1.82) is 0 Å². The van der Waals surface area contributed by atoms with Crippen molar-refractivity contribution in [2.45, 2.75) is 12.8 Å². The SMILES string of the molecule is O=C(Cc1c[nH]c2ccccc12)NCCc1ccc2nc[nH]c2c1. The Morgan fingerprint density at radius 3 is 2.96 bits per heavy atom. The van der Waals surface area contributed by atoms with Gasteiger partial charge in [-0.25, -0.2) is 4.98 Å². The number of H-pyrrole nitrogens is 2. The number of carbonyl (C=O) groups is 1. The van der Waals surface area contributed by atoms with Crippen molar-refractivity contribution in [1.82, 2.24) is 20.3 Å². The van der Waals surface area contributed by atoms with Crippen LogP contribution >= 0.6 is 0 Å². The van der Waals surface area contributed by atoms with Crippen LogP contribution in [0, 0.1) is 0 Å². The van der Waals surface area contributed by atoms with E-state index in [1.54, 1.807) is 6.33 Å². The van der Waals surface area contributed by atoms with Crippen LogP contribution < -0.4 is 5.32 Å². The minimum atomic E-state index is 0.0439. The minimum absolute atomic E-state index is 0.0439. The van der Waals surface area contributed by atoms with Crippen LogP contribution in [0.3, 0.4) is 0 Å². The lowest BCUT2D eigenvalue weighted by atomic mass is 10.1. The Morgan fingerprint density at radius 2 is 2.00 bits per heavy atom. The molecule has 0 fully saturated rings. The summed E-state index contributed by atoms with van der Waals surface area (Å²) in [6.45, 7) is 0.626. The van der Waals surface area contributed by atoms with Crippen molar-refractivity contribution in [3.8, 4) is 0 Å². The topological polar surface area (TPSA) is 73.6 Å². The number of hydrogen-bond acceptors (Lipinski definition) is 2. The van der Waals surface area contributed by atoms with Crippen molar-refractivity contribution < 1.29 is 4.79 Å². The number of rotatable bonds is 5. The molecule has 0 aliphatic carbocycles. The molecule has 2 aromatic heterocycles. The van der Waals surface area contributed by atoms with Crippen LogP contribution in [-0.4, -0.2) is 27.4 Å². The highest BCUT2D eigenvalue weighted by atomic mass is 16.1. The number of para-hydroxylation sites is 1. The molecule has 0 radical (unpaired) electrons. The maximum Gasteiger partial charge on any atom is 0.224 e. The first-order valence-electron chi connectivity index (χ1n) is 8.03. The minimum Gasteiger partial charge on any atom is -0.361 e. The van der Waals surface area contributed by atoms with Gasteiger partial charge in [0.15, 0.2) is 0 Å². The van der Waals surface area contributed by atoms with E-state index in [1.807, 2.05) is 36.5 Å². The molecular formula is C19H18N4O. The van der Waals surface area contributed by atoms with E-state index >= 15 is 0 Å². The second-order valence-corrected chi connectivity index (χ2v) is 5.89. The molecule has 0 bridgehead atoms. The second-order valence-electron chi connectivity index (χ2n) is 5.89. The van der Waals surface area contributed by atoms with Gasteiger partial charge in [-0.15, -0.1) is 0 Å².